The van der Waals surface area contributed by atoms with E-state index in [1.165, 1.54) is 12.1 Å². The van der Waals surface area contributed by atoms with E-state index in [4.69, 9.17) is 9.47 Å². The van der Waals surface area contributed by atoms with Crippen LogP contribution in [0.25, 0.3) is 21.9 Å². The van der Waals surface area contributed by atoms with Gasteiger partial charge in [-0.15, -0.1) is 0 Å². The van der Waals surface area contributed by atoms with Gasteiger partial charge in [-0.2, -0.15) is 0 Å². The van der Waals surface area contributed by atoms with Crippen LogP contribution >= 0.6 is 0 Å². The van der Waals surface area contributed by atoms with Gasteiger partial charge in [0.25, 0.3) is 11.8 Å². The number of benzene rings is 3. The molecule has 2 amide bonds. The first-order chi connectivity index (χ1) is 12.5. The van der Waals surface area contributed by atoms with Crippen molar-refractivity contribution in [2.75, 3.05) is 6.79 Å². The minimum atomic E-state index is -0.522. The van der Waals surface area contributed by atoms with Gasteiger partial charge in [0.1, 0.15) is 0 Å². The molecular formula is C19H11NO6. The summed E-state index contributed by atoms with van der Waals surface area (Å²) in [4.78, 5) is 24.6. The van der Waals surface area contributed by atoms with Crippen molar-refractivity contribution in [1.29, 1.82) is 0 Å². The van der Waals surface area contributed by atoms with Crippen LogP contribution in [0.1, 0.15) is 20.7 Å². The summed E-state index contributed by atoms with van der Waals surface area (Å²) >= 11 is 0. The molecule has 3 aromatic carbocycles. The Morgan fingerprint density at radius 3 is 2.54 bits per heavy atom. The molecule has 3 N–H and O–H groups in total. The first kappa shape index (κ1) is 14.6. The van der Waals surface area contributed by atoms with Crippen LogP contribution in [0.5, 0.6) is 23.0 Å². The quantitative estimate of drug-likeness (QED) is 0.461. The molecule has 7 nitrogen and oxygen atoms in total. The van der Waals surface area contributed by atoms with E-state index in [0.717, 1.165) is 0 Å². The minimum absolute atomic E-state index is 0.0525. The van der Waals surface area contributed by atoms with Crippen LogP contribution in [0.3, 0.4) is 0 Å². The van der Waals surface area contributed by atoms with Crippen LogP contribution in [0.15, 0.2) is 36.4 Å². The van der Waals surface area contributed by atoms with Crippen molar-refractivity contribution in [2.24, 2.45) is 0 Å². The molecule has 0 aromatic heterocycles. The van der Waals surface area contributed by atoms with Crippen LogP contribution in [-0.2, 0) is 0 Å². The highest BCUT2D eigenvalue weighted by molar-refractivity contribution is 6.28. The molecule has 2 heterocycles. The van der Waals surface area contributed by atoms with Gasteiger partial charge in [0.2, 0.25) is 6.79 Å². The van der Waals surface area contributed by atoms with Crippen LogP contribution in [-0.4, -0.2) is 28.8 Å². The molecule has 2 aliphatic heterocycles. The molecule has 5 rings (SSSR count). The SMILES string of the molecule is O=C1NC(=O)c2c1cc1ccc3c(c1c2-c1ccc(O)c(O)c1)OCO3. The van der Waals surface area contributed by atoms with Crippen molar-refractivity contribution in [3.05, 3.63) is 47.5 Å². The summed E-state index contributed by atoms with van der Waals surface area (Å²) in [6.07, 6.45) is 0. The lowest BCUT2D eigenvalue weighted by Crippen LogP contribution is -2.20. The average Bonchev–Trinajstić information content (AvgIpc) is 3.20. The molecule has 0 unspecified atom stereocenters. The van der Waals surface area contributed by atoms with E-state index in [9.17, 15) is 19.8 Å². The summed E-state index contributed by atoms with van der Waals surface area (Å²) in [5.74, 6) is -0.607. The summed E-state index contributed by atoms with van der Waals surface area (Å²) in [7, 11) is 0. The molecule has 0 bridgehead atoms. The maximum atomic E-state index is 12.4. The Labute approximate surface area is 146 Å². The fraction of sp³-hybridized carbons (Fsp3) is 0.0526. The molecule has 26 heavy (non-hydrogen) atoms. The van der Waals surface area contributed by atoms with Crippen molar-refractivity contribution >= 4 is 22.6 Å². The van der Waals surface area contributed by atoms with Gasteiger partial charge < -0.3 is 19.7 Å². The fourth-order valence-electron chi connectivity index (χ4n) is 3.47. The largest absolute Gasteiger partial charge is 0.504 e. The Hall–Kier alpha value is -3.74. The highest BCUT2D eigenvalue weighted by atomic mass is 16.7. The first-order valence-corrected chi connectivity index (χ1v) is 7.82. The van der Waals surface area contributed by atoms with E-state index in [2.05, 4.69) is 5.32 Å². The van der Waals surface area contributed by atoms with Gasteiger partial charge in [0.15, 0.2) is 23.0 Å². The zero-order chi connectivity index (χ0) is 18.0. The van der Waals surface area contributed by atoms with Gasteiger partial charge in [-0.1, -0.05) is 12.1 Å². The molecule has 0 spiro atoms. The normalized spacial score (nSPS) is 14.6. The number of imide groups is 1. The third kappa shape index (κ3) is 1.82. The maximum Gasteiger partial charge on any atom is 0.259 e. The minimum Gasteiger partial charge on any atom is -0.504 e. The van der Waals surface area contributed by atoms with E-state index in [1.807, 2.05) is 0 Å². The number of hydrogen-bond acceptors (Lipinski definition) is 6. The highest BCUT2D eigenvalue weighted by Crippen LogP contribution is 2.47. The van der Waals surface area contributed by atoms with Crippen molar-refractivity contribution < 1.29 is 29.3 Å². The zero-order valence-electron chi connectivity index (χ0n) is 13.2. The number of carbonyl (C=O) groups is 2. The molecule has 128 valence electrons. The number of carbonyl (C=O) groups excluding carboxylic acids is 2. The number of hydrogen-bond donors (Lipinski definition) is 3. The zero-order valence-corrected chi connectivity index (χ0v) is 13.2. The second-order valence-electron chi connectivity index (χ2n) is 6.06. The number of phenols is 2. The predicted molar refractivity (Wildman–Crippen MR) is 90.6 cm³/mol. The van der Waals surface area contributed by atoms with Crippen LogP contribution < -0.4 is 14.8 Å². The smallest absolute Gasteiger partial charge is 0.259 e. The number of phenolic OH excluding ortho intramolecular Hbond substituents is 2. The Kier molecular flexibility index (Phi) is 2.74. The van der Waals surface area contributed by atoms with Crippen LogP contribution in [0.2, 0.25) is 0 Å². The number of ether oxygens (including phenoxy) is 2. The Balaban J connectivity index is 1.97. The summed E-state index contributed by atoms with van der Waals surface area (Å²) in [5, 5.41) is 23.1. The molecular weight excluding hydrogens is 338 g/mol. The Bertz CT molecular complexity index is 1150. The molecule has 0 saturated heterocycles. The van der Waals surface area contributed by atoms with Gasteiger partial charge in [-0.25, -0.2) is 0 Å². The van der Waals surface area contributed by atoms with E-state index < -0.39 is 11.8 Å². The van der Waals surface area contributed by atoms with E-state index >= 15 is 0 Å². The second kappa shape index (κ2) is 4.89. The monoisotopic (exact) mass is 349 g/mol. The molecule has 0 atom stereocenters. The van der Waals surface area contributed by atoms with Crippen molar-refractivity contribution in [3.8, 4) is 34.1 Å². The lowest BCUT2D eigenvalue weighted by molar-refractivity contribution is 0.0880. The van der Waals surface area contributed by atoms with Crippen LogP contribution in [0, 0.1) is 0 Å². The second-order valence-corrected chi connectivity index (χ2v) is 6.06. The molecule has 3 aromatic rings. The maximum absolute atomic E-state index is 12.4. The van der Waals surface area contributed by atoms with Crippen LogP contribution in [0.4, 0.5) is 0 Å². The van der Waals surface area contributed by atoms with E-state index in [-0.39, 0.29) is 29.4 Å². The molecule has 7 heteroatoms. The molecule has 0 radical (unpaired) electrons. The number of nitrogens with one attached hydrogen (secondary N) is 1. The molecule has 0 saturated carbocycles. The Morgan fingerprint density at radius 2 is 1.73 bits per heavy atom. The Morgan fingerprint density at radius 1 is 0.885 bits per heavy atom. The number of aromatic hydroxyl groups is 2. The third-order valence-corrected chi connectivity index (χ3v) is 4.60. The average molecular weight is 349 g/mol. The van der Waals surface area contributed by atoms with Crippen molar-refractivity contribution in [1.82, 2.24) is 5.32 Å². The summed E-state index contributed by atoms with van der Waals surface area (Å²) in [6.45, 7) is 0.0525. The summed E-state index contributed by atoms with van der Waals surface area (Å²) < 4.78 is 11.0. The number of fused-ring (bicyclic) bond motifs is 4. The summed E-state index contributed by atoms with van der Waals surface area (Å²) in [6, 6.07) is 9.39. The van der Waals surface area contributed by atoms with Crippen molar-refractivity contribution in [2.45, 2.75) is 0 Å². The molecule has 0 fully saturated rings. The standard InChI is InChI=1S/C19H11NO6/c21-11-3-1-9(6-12(11)22)14-15-8(2-4-13-17(15)26-7-25-13)5-10-16(14)19(24)20-18(10)23/h1-6,21-22H,7H2,(H,20,23,24). The van der Waals surface area contributed by atoms with Gasteiger partial charge in [-0.3, -0.25) is 14.9 Å². The number of amides is 2. The van der Waals surface area contributed by atoms with Gasteiger partial charge >= 0.3 is 0 Å². The third-order valence-electron chi connectivity index (χ3n) is 4.60. The highest BCUT2D eigenvalue weighted by Gasteiger charge is 2.34. The van der Waals surface area contributed by atoms with E-state index in [1.54, 1.807) is 24.3 Å². The fourth-order valence-corrected chi connectivity index (χ4v) is 3.47. The van der Waals surface area contributed by atoms with Gasteiger partial charge in [-0.05, 0) is 35.2 Å². The first-order valence-electron chi connectivity index (χ1n) is 7.82. The predicted octanol–water partition coefficient (Wildman–Crippen LogP) is 2.53. The van der Waals surface area contributed by atoms with Gasteiger partial charge in [0.05, 0.1) is 11.1 Å². The lowest BCUT2D eigenvalue weighted by Gasteiger charge is -2.14. The van der Waals surface area contributed by atoms with Crippen molar-refractivity contribution in [3.63, 3.8) is 0 Å². The topological polar surface area (TPSA) is 105 Å². The lowest BCUT2D eigenvalue weighted by atomic mass is 9.89. The van der Waals surface area contributed by atoms with E-state index in [0.29, 0.717) is 33.4 Å². The number of rotatable bonds is 1. The molecule has 2 aliphatic rings. The van der Waals surface area contributed by atoms with Gasteiger partial charge in [0, 0.05) is 10.9 Å². The summed E-state index contributed by atoms with van der Waals surface area (Å²) in [5.41, 5.74) is 1.37. The molecule has 0 aliphatic carbocycles.